The molecule has 0 atom stereocenters. The van der Waals surface area contributed by atoms with Gasteiger partial charge < -0.3 is 10.6 Å². The van der Waals surface area contributed by atoms with E-state index in [0.29, 0.717) is 5.69 Å². The molecular formula is C16H12ClF3N2O2. The van der Waals surface area contributed by atoms with Crippen molar-refractivity contribution in [1.29, 1.82) is 0 Å². The summed E-state index contributed by atoms with van der Waals surface area (Å²) in [7, 11) is 0. The molecule has 0 bridgehead atoms. The molecule has 4 nitrogen and oxygen atoms in total. The van der Waals surface area contributed by atoms with Gasteiger partial charge in [-0.2, -0.15) is 13.2 Å². The highest BCUT2D eigenvalue weighted by atomic mass is 35.5. The van der Waals surface area contributed by atoms with E-state index in [4.69, 9.17) is 11.6 Å². The lowest BCUT2D eigenvalue weighted by Gasteiger charge is -2.12. The smallest absolute Gasteiger partial charge is 0.326 e. The minimum Gasteiger partial charge on any atom is -0.326 e. The number of halogens is 4. The van der Waals surface area contributed by atoms with Gasteiger partial charge >= 0.3 is 6.18 Å². The third-order valence-corrected chi connectivity index (χ3v) is 3.34. The van der Waals surface area contributed by atoms with Gasteiger partial charge in [0.25, 0.3) is 5.91 Å². The predicted octanol–water partition coefficient (Wildman–Crippen LogP) is 4.57. The van der Waals surface area contributed by atoms with Gasteiger partial charge in [-0.3, -0.25) is 9.59 Å². The Morgan fingerprint density at radius 3 is 2.17 bits per heavy atom. The number of carbonyl (C=O) groups is 2. The number of hydrogen-bond acceptors (Lipinski definition) is 2. The molecule has 0 spiro atoms. The van der Waals surface area contributed by atoms with Crippen LogP contribution in [-0.2, 0) is 11.0 Å². The van der Waals surface area contributed by atoms with Gasteiger partial charge in [0.1, 0.15) is 0 Å². The molecule has 2 rings (SSSR count). The molecule has 0 unspecified atom stereocenters. The van der Waals surface area contributed by atoms with Gasteiger partial charge in [-0.1, -0.05) is 11.6 Å². The Hall–Kier alpha value is -2.54. The van der Waals surface area contributed by atoms with Crippen LogP contribution in [0.25, 0.3) is 0 Å². The highest BCUT2D eigenvalue weighted by Gasteiger charge is 2.31. The second-order valence-electron chi connectivity index (χ2n) is 4.91. The first-order chi connectivity index (χ1) is 11.2. The molecule has 0 aliphatic rings. The van der Waals surface area contributed by atoms with Crippen LogP contribution in [0, 0.1) is 0 Å². The number of amides is 2. The molecule has 0 saturated heterocycles. The first-order valence-corrected chi connectivity index (χ1v) is 7.10. The summed E-state index contributed by atoms with van der Waals surface area (Å²) in [5.74, 6) is -0.881. The van der Waals surface area contributed by atoms with E-state index in [1.54, 1.807) is 0 Å². The van der Waals surface area contributed by atoms with E-state index in [2.05, 4.69) is 10.6 Å². The molecule has 0 aliphatic heterocycles. The number of anilines is 2. The Kier molecular flexibility index (Phi) is 5.14. The fraction of sp³-hybridized carbons (Fsp3) is 0.125. The summed E-state index contributed by atoms with van der Waals surface area (Å²) in [6, 6.07) is 8.55. The Balaban J connectivity index is 2.19. The molecule has 126 valence electrons. The maximum Gasteiger partial charge on any atom is 0.416 e. The number of hydrogen-bond donors (Lipinski definition) is 2. The predicted molar refractivity (Wildman–Crippen MR) is 85.2 cm³/mol. The standard InChI is InChI=1S/C16H12ClF3N2O2/c1-9(23)21-12-5-2-10(3-6-12)15(24)22-14-8-11(16(18,19)20)4-7-13(14)17/h2-8H,1H3,(H,21,23)(H,22,24). The maximum absolute atomic E-state index is 12.7. The normalized spacial score (nSPS) is 11.0. The van der Waals surface area contributed by atoms with E-state index >= 15 is 0 Å². The Morgan fingerprint density at radius 2 is 1.62 bits per heavy atom. The third kappa shape index (κ3) is 4.48. The van der Waals surface area contributed by atoms with E-state index in [9.17, 15) is 22.8 Å². The first kappa shape index (κ1) is 17.8. The molecule has 2 aromatic rings. The van der Waals surface area contributed by atoms with Gasteiger partial charge in [0.05, 0.1) is 16.3 Å². The van der Waals surface area contributed by atoms with Crippen LogP contribution in [0.2, 0.25) is 5.02 Å². The van der Waals surface area contributed by atoms with Crippen LogP contribution in [0.15, 0.2) is 42.5 Å². The van der Waals surface area contributed by atoms with Crippen molar-refractivity contribution in [2.45, 2.75) is 13.1 Å². The molecule has 0 aliphatic carbocycles. The van der Waals surface area contributed by atoms with E-state index in [1.165, 1.54) is 31.2 Å². The Bertz CT molecular complexity index is 774. The molecule has 8 heteroatoms. The monoisotopic (exact) mass is 356 g/mol. The minimum absolute atomic E-state index is 0.00813. The van der Waals surface area contributed by atoms with Crippen molar-refractivity contribution < 1.29 is 22.8 Å². The van der Waals surface area contributed by atoms with Crippen LogP contribution in [-0.4, -0.2) is 11.8 Å². The lowest BCUT2D eigenvalue weighted by atomic mass is 10.1. The summed E-state index contributed by atoms with van der Waals surface area (Å²) in [6.07, 6.45) is -4.54. The second-order valence-corrected chi connectivity index (χ2v) is 5.31. The molecule has 2 amide bonds. The average Bonchev–Trinajstić information content (AvgIpc) is 2.48. The zero-order chi connectivity index (χ0) is 17.9. The van der Waals surface area contributed by atoms with Crippen molar-refractivity contribution in [1.82, 2.24) is 0 Å². The van der Waals surface area contributed by atoms with Gasteiger partial charge in [0, 0.05) is 18.2 Å². The van der Waals surface area contributed by atoms with Gasteiger partial charge in [-0.05, 0) is 42.5 Å². The second kappa shape index (κ2) is 6.92. The molecular weight excluding hydrogens is 345 g/mol. The summed E-state index contributed by atoms with van der Waals surface area (Å²) < 4.78 is 38.2. The number of alkyl halides is 3. The zero-order valence-electron chi connectivity index (χ0n) is 12.4. The molecule has 2 aromatic carbocycles. The molecule has 24 heavy (non-hydrogen) atoms. The van der Waals surface area contributed by atoms with Gasteiger partial charge in [-0.15, -0.1) is 0 Å². The fourth-order valence-electron chi connectivity index (χ4n) is 1.90. The summed E-state index contributed by atoms with van der Waals surface area (Å²) >= 11 is 5.83. The highest BCUT2D eigenvalue weighted by molar-refractivity contribution is 6.34. The Morgan fingerprint density at radius 1 is 1.00 bits per heavy atom. The van der Waals surface area contributed by atoms with Gasteiger partial charge in [0.15, 0.2) is 0 Å². The van der Waals surface area contributed by atoms with Crippen LogP contribution in [0.5, 0.6) is 0 Å². The average molecular weight is 357 g/mol. The van der Waals surface area contributed by atoms with Crippen molar-refractivity contribution in [3.8, 4) is 0 Å². The number of benzene rings is 2. The number of carbonyl (C=O) groups excluding carboxylic acids is 2. The van der Waals surface area contributed by atoms with Gasteiger partial charge in [0.2, 0.25) is 5.91 Å². The molecule has 0 fully saturated rings. The zero-order valence-corrected chi connectivity index (χ0v) is 13.1. The van der Waals surface area contributed by atoms with Crippen LogP contribution < -0.4 is 10.6 Å². The van der Waals surface area contributed by atoms with E-state index in [0.717, 1.165) is 18.2 Å². The van der Waals surface area contributed by atoms with Crippen molar-refractivity contribution in [2.24, 2.45) is 0 Å². The van der Waals surface area contributed by atoms with E-state index < -0.39 is 17.6 Å². The first-order valence-electron chi connectivity index (χ1n) is 6.72. The quantitative estimate of drug-likeness (QED) is 0.846. The van der Waals surface area contributed by atoms with Crippen molar-refractivity contribution in [3.05, 3.63) is 58.6 Å². The molecule has 0 saturated carbocycles. The highest BCUT2D eigenvalue weighted by Crippen LogP contribution is 2.34. The third-order valence-electron chi connectivity index (χ3n) is 3.01. The van der Waals surface area contributed by atoms with Crippen LogP contribution in [0.1, 0.15) is 22.8 Å². The Labute approximate surface area is 140 Å². The molecule has 2 N–H and O–H groups in total. The van der Waals surface area contributed by atoms with Crippen molar-refractivity contribution in [3.63, 3.8) is 0 Å². The van der Waals surface area contributed by atoms with Crippen LogP contribution >= 0.6 is 11.6 Å². The van der Waals surface area contributed by atoms with Crippen LogP contribution in [0.4, 0.5) is 24.5 Å². The van der Waals surface area contributed by atoms with Crippen LogP contribution in [0.3, 0.4) is 0 Å². The minimum atomic E-state index is -4.54. The lowest BCUT2D eigenvalue weighted by molar-refractivity contribution is -0.137. The van der Waals surface area contributed by atoms with E-state index in [1.807, 2.05) is 0 Å². The molecule has 0 heterocycles. The summed E-state index contributed by atoms with van der Waals surface area (Å²) in [5.41, 5.74) is -0.348. The largest absolute Gasteiger partial charge is 0.416 e. The SMILES string of the molecule is CC(=O)Nc1ccc(C(=O)Nc2cc(C(F)(F)F)ccc2Cl)cc1. The van der Waals surface area contributed by atoms with E-state index in [-0.39, 0.29) is 22.2 Å². The van der Waals surface area contributed by atoms with Crippen molar-refractivity contribution in [2.75, 3.05) is 10.6 Å². The lowest BCUT2D eigenvalue weighted by Crippen LogP contribution is -2.14. The van der Waals surface area contributed by atoms with Gasteiger partial charge in [-0.25, -0.2) is 0 Å². The summed E-state index contributed by atoms with van der Waals surface area (Å²) in [4.78, 5) is 23.0. The molecule has 0 radical (unpaired) electrons. The summed E-state index contributed by atoms with van der Waals surface area (Å²) in [5, 5.41) is 4.87. The fourth-order valence-corrected chi connectivity index (χ4v) is 2.06. The summed E-state index contributed by atoms with van der Waals surface area (Å²) in [6.45, 7) is 1.34. The maximum atomic E-state index is 12.7. The molecule has 0 aromatic heterocycles. The van der Waals surface area contributed by atoms with Crippen molar-refractivity contribution >= 4 is 34.8 Å². The number of rotatable bonds is 3. The topological polar surface area (TPSA) is 58.2 Å². The number of nitrogens with one attached hydrogen (secondary N) is 2.